The molecule has 3 nitrogen and oxygen atoms in total. The molecule has 0 radical (unpaired) electrons. The fourth-order valence-corrected chi connectivity index (χ4v) is 3.43. The van der Waals surface area contributed by atoms with E-state index in [9.17, 15) is 5.11 Å². The van der Waals surface area contributed by atoms with E-state index in [-0.39, 0.29) is 5.41 Å². The first-order valence-electron chi connectivity index (χ1n) is 6.20. The molecule has 1 unspecified atom stereocenters. The third kappa shape index (κ3) is 2.39. The molecule has 1 aliphatic rings. The van der Waals surface area contributed by atoms with Crippen molar-refractivity contribution in [3.05, 3.63) is 15.6 Å². The number of thiazole rings is 1. The van der Waals surface area contributed by atoms with Crippen LogP contribution in [0.25, 0.3) is 0 Å². The average Bonchev–Trinajstić information content (AvgIpc) is 2.51. The molecular weight excluding hydrogens is 232 g/mol. The van der Waals surface area contributed by atoms with Crippen molar-refractivity contribution in [2.24, 2.45) is 5.41 Å². The molecule has 1 aromatic heterocycles. The Morgan fingerprint density at radius 3 is 2.65 bits per heavy atom. The molecule has 2 rings (SSSR count). The molecule has 2 heterocycles. The Hall–Kier alpha value is -0.450. The summed E-state index contributed by atoms with van der Waals surface area (Å²) in [6.07, 6.45) is 1.48. The van der Waals surface area contributed by atoms with E-state index in [1.165, 1.54) is 4.88 Å². The summed E-state index contributed by atoms with van der Waals surface area (Å²) in [5.74, 6) is 0. The summed E-state index contributed by atoms with van der Waals surface area (Å²) in [7, 11) is 0. The lowest BCUT2D eigenvalue weighted by molar-refractivity contribution is -0.0869. The van der Waals surface area contributed by atoms with Crippen LogP contribution in [0.1, 0.15) is 35.8 Å². The van der Waals surface area contributed by atoms with Gasteiger partial charge in [-0.15, -0.1) is 11.3 Å². The highest BCUT2D eigenvalue weighted by Crippen LogP contribution is 2.39. The molecule has 1 saturated heterocycles. The third-order valence-corrected chi connectivity index (χ3v) is 5.13. The monoisotopic (exact) mass is 254 g/mol. The summed E-state index contributed by atoms with van der Waals surface area (Å²) in [4.78, 5) is 5.81. The topological polar surface area (TPSA) is 45.2 Å². The van der Waals surface area contributed by atoms with Crippen molar-refractivity contribution in [3.63, 3.8) is 0 Å². The Kier molecular flexibility index (Phi) is 3.31. The molecule has 17 heavy (non-hydrogen) atoms. The number of aliphatic hydroxyl groups is 1. The van der Waals surface area contributed by atoms with Gasteiger partial charge in [0.15, 0.2) is 0 Å². The summed E-state index contributed by atoms with van der Waals surface area (Å²) < 4.78 is 0. The van der Waals surface area contributed by atoms with Gasteiger partial charge in [0.1, 0.15) is 0 Å². The van der Waals surface area contributed by atoms with Crippen molar-refractivity contribution in [3.8, 4) is 0 Å². The Morgan fingerprint density at radius 2 is 2.12 bits per heavy atom. The van der Waals surface area contributed by atoms with Gasteiger partial charge < -0.3 is 10.4 Å². The van der Waals surface area contributed by atoms with Crippen LogP contribution in [0.2, 0.25) is 0 Å². The van der Waals surface area contributed by atoms with E-state index in [0.29, 0.717) is 6.42 Å². The van der Waals surface area contributed by atoms with Gasteiger partial charge in [-0.3, -0.25) is 0 Å². The van der Waals surface area contributed by atoms with Crippen molar-refractivity contribution in [2.75, 3.05) is 13.1 Å². The van der Waals surface area contributed by atoms with Gasteiger partial charge in [0.2, 0.25) is 0 Å². The number of nitrogens with zero attached hydrogens (tertiary/aromatic N) is 1. The Morgan fingerprint density at radius 1 is 1.41 bits per heavy atom. The highest BCUT2D eigenvalue weighted by Gasteiger charge is 2.45. The largest absolute Gasteiger partial charge is 0.389 e. The van der Waals surface area contributed by atoms with Crippen LogP contribution in [0.3, 0.4) is 0 Å². The van der Waals surface area contributed by atoms with E-state index in [4.69, 9.17) is 0 Å². The lowest BCUT2D eigenvalue weighted by atomic mass is 9.69. The SMILES string of the molecule is Cc1nc(CC2(O)CCNCC2(C)C)sc1C. The van der Waals surface area contributed by atoms with Gasteiger partial charge in [0.05, 0.1) is 16.3 Å². The molecule has 1 aliphatic heterocycles. The van der Waals surface area contributed by atoms with Crippen molar-refractivity contribution in [1.29, 1.82) is 0 Å². The van der Waals surface area contributed by atoms with E-state index in [1.54, 1.807) is 11.3 Å². The minimum Gasteiger partial charge on any atom is -0.389 e. The summed E-state index contributed by atoms with van der Waals surface area (Å²) in [6, 6.07) is 0. The number of nitrogens with one attached hydrogen (secondary N) is 1. The highest BCUT2D eigenvalue weighted by atomic mass is 32.1. The van der Waals surface area contributed by atoms with Crippen LogP contribution in [-0.2, 0) is 6.42 Å². The van der Waals surface area contributed by atoms with Crippen LogP contribution in [-0.4, -0.2) is 28.8 Å². The van der Waals surface area contributed by atoms with E-state index in [2.05, 4.69) is 31.1 Å². The average molecular weight is 254 g/mol. The summed E-state index contributed by atoms with van der Waals surface area (Å²) >= 11 is 1.72. The molecule has 0 aliphatic carbocycles. The van der Waals surface area contributed by atoms with Crippen LogP contribution in [0.15, 0.2) is 0 Å². The van der Waals surface area contributed by atoms with Crippen LogP contribution in [0.5, 0.6) is 0 Å². The van der Waals surface area contributed by atoms with Gasteiger partial charge in [-0.05, 0) is 26.8 Å². The molecule has 96 valence electrons. The molecule has 1 atom stereocenters. The smallest absolute Gasteiger partial charge is 0.0959 e. The minimum atomic E-state index is -0.630. The first-order chi connectivity index (χ1) is 7.84. The van der Waals surface area contributed by atoms with E-state index < -0.39 is 5.60 Å². The number of aryl methyl sites for hydroxylation is 2. The molecule has 1 aromatic rings. The maximum Gasteiger partial charge on any atom is 0.0959 e. The van der Waals surface area contributed by atoms with Gasteiger partial charge in [-0.1, -0.05) is 13.8 Å². The molecule has 0 amide bonds. The number of piperidine rings is 1. The molecular formula is C13H22N2OS. The van der Waals surface area contributed by atoms with E-state index >= 15 is 0 Å². The Bertz CT molecular complexity index is 394. The predicted molar refractivity (Wildman–Crippen MR) is 71.5 cm³/mol. The molecule has 0 saturated carbocycles. The first kappa shape index (κ1) is 13.0. The minimum absolute atomic E-state index is 0.0985. The summed E-state index contributed by atoms with van der Waals surface area (Å²) in [5.41, 5.74) is 0.369. The molecule has 0 bridgehead atoms. The molecule has 4 heteroatoms. The zero-order chi connectivity index (χ0) is 12.7. The van der Waals surface area contributed by atoms with Crippen molar-refractivity contribution < 1.29 is 5.11 Å². The third-order valence-electron chi connectivity index (χ3n) is 4.06. The zero-order valence-electron chi connectivity index (χ0n) is 11.1. The Balaban J connectivity index is 2.21. The Labute approximate surface area is 107 Å². The standard InChI is InChI=1S/C13H22N2OS/c1-9-10(2)17-11(15-9)7-13(16)5-6-14-8-12(13,3)4/h14,16H,5-8H2,1-4H3. The second kappa shape index (κ2) is 4.34. The lowest BCUT2D eigenvalue weighted by Gasteiger charge is -2.46. The van der Waals surface area contributed by atoms with Crippen LogP contribution < -0.4 is 5.32 Å². The maximum atomic E-state index is 10.9. The van der Waals surface area contributed by atoms with Crippen molar-refractivity contribution in [1.82, 2.24) is 10.3 Å². The second-order valence-electron chi connectivity index (χ2n) is 5.77. The normalized spacial score (nSPS) is 28.3. The van der Waals surface area contributed by atoms with Gasteiger partial charge in [-0.25, -0.2) is 4.98 Å². The van der Waals surface area contributed by atoms with Crippen LogP contribution in [0, 0.1) is 19.3 Å². The fourth-order valence-electron chi connectivity index (χ4n) is 2.39. The van der Waals surface area contributed by atoms with Crippen LogP contribution in [0.4, 0.5) is 0 Å². The zero-order valence-corrected chi connectivity index (χ0v) is 11.9. The molecule has 2 N–H and O–H groups in total. The molecule has 1 fully saturated rings. The van der Waals surface area contributed by atoms with Gasteiger partial charge >= 0.3 is 0 Å². The number of aromatic nitrogens is 1. The van der Waals surface area contributed by atoms with Crippen LogP contribution >= 0.6 is 11.3 Å². The van der Waals surface area contributed by atoms with Gasteiger partial charge in [0, 0.05) is 23.3 Å². The summed E-state index contributed by atoms with van der Waals surface area (Å²) in [6.45, 7) is 10.1. The first-order valence-corrected chi connectivity index (χ1v) is 7.02. The molecule has 0 aromatic carbocycles. The second-order valence-corrected chi connectivity index (χ2v) is 7.06. The van der Waals surface area contributed by atoms with E-state index in [0.717, 1.165) is 30.2 Å². The molecule has 0 spiro atoms. The quantitative estimate of drug-likeness (QED) is 0.849. The van der Waals surface area contributed by atoms with E-state index in [1.807, 2.05) is 6.92 Å². The van der Waals surface area contributed by atoms with Crippen molar-refractivity contribution >= 4 is 11.3 Å². The number of hydrogen-bond acceptors (Lipinski definition) is 4. The maximum absolute atomic E-state index is 10.9. The predicted octanol–water partition coefficient (Wildman–Crippen LogP) is 2.05. The highest BCUT2D eigenvalue weighted by molar-refractivity contribution is 7.11. The lowest BCUT2D eigenvalue weighted by Crippen LogP contribution is -2.57. The van der Waals surface area contributed by atoms with Crippen molar-refractivity contribution in [2.45, 2.75) is 46.1 Å². The summed E-state index contributed by atoms with van der Waals surface area (Å²) in [5, 5.41) is 15.3. The fraction of sp³-hybridized carbons (Fsp3) is 0.769. The van der Waals surface area contributed by atoms with Gasteiger partial charge in [0.25, 0.3) is 0 Å². The van der Waals surface area contributed by atoms with Gasteiger partial charge in [-0.2, -0.15) is 0 Å². The number of rotatable bonds is 2. The number of hydrogen-bond donors (Lipinski definition) is 2.